The first-order chi connectivity index (χ1) is 14.2. The second kappa shape index (κ2) is 8.89. The fourth-order valence-corrected chi connectivity index (χ4v) is 3.77. The number of pyridine rings is 1. The molecule has 5 nitrogen and oxygen atoms in total. The Morgan fingerprint density at radius 3 is 2.53 bits per heavy atom. The second-order valence-corrected chi connectivity index (χ2v) is 7.47. The van der Waals surface area contributed by atoms with Gasteiger partial charge in [-0.25, -0.2) is 4.39 Å². The number of nitrogens with zero attached hydrogens (tertiary/aromatic N) is 2. The third-order valence-electron chi connectivity index (χ3n) is 5.37. The number of aromatic nitrogens is 1. The number of nitrogens with one attached hydrogen (secondary N) is 1. The summed E-state index contributed by atoms with van der Waals surface area (Å²) in [4.78, 5) is 26.0. The summed E-state index contributed by atoms with van der Waals surface area (Å²) in [7, 11) is 1.84. The minimum absolute atomic E-state index is 0.165. The molecule has 162 valence electrons. The van der Waals surface area contributed by atoms with Crippen LogP contribution in [0.4, 0.5) is 28.9 Å². The van der Waals surface area contributed by atoms with Gasteiger partial charge in [-0.1, -0.05) is 19.3 Å². The van der Waals surface area contributed by atoms with E-state index in [-0.39, 0.29) is 11.7 Å². The molecular formula is C21H23F4N3O2. The number of alkyl halides is 3. The predicted molar refractivity (Wildman–Crippen MR) is 106 cm³/mol. The minimum Gasteiger partial charge on any atom is -0.369 e. The molecular weight excluding hydrogens is 402 g/mol. The van der Waals surface area contributed by atoms with E-state index in [1.165, 1.54) is 18.6 Å². The van der Waals surface area contributed by atoms with Crippen molar-refractivity contribution in [2.24, 2.45) is 0 Å². The van der Waals surface area contributed by atoms with E-state index in [9.17, 15) is 27.2 Å². The van der Waals surface area contributed by atoms with Gasteiger partial charge in [0.05, 0.1) is 5.69 Å². The summed E-state index contributed by atoms with van der Waals surface area (Å²) in [6, 6.07) is 6.24. The zero-order valence-corrected chi connectivity index (χ0v) is 16.5. The number of carbonyl (C=O) groups excluding carboxylic acids is 1. The van der Waals surface area contributed by atoms with Crippen LogP contribution < -0.4 is 15.8 Å². The highest BCUT2D eigenvalue weighted by Gasteiger charge is 2.34. The van der Waals surface area contributed by atoms with E-state index in [2.05, 4.69) is 5.32 Å². The molecule has 1 aromatic heterocycles. The van der Waals surface area contributed by atoms with E-state index in [4.69, 9.17) is 0 Å². The molecule has 1 amide bonds. The Labute approximate surface area is 171 Å². The monoisotopic (exact) mass is 425 g/mol. The quantitative estimate of drug-likeness (QED) is 0.722. The average molecular weight is 425 g/mol. The molecule has 1 aliphatic carbocycles. The van der Waals surface area contributed by atoms with Gasteiger partial charge < -0.3 is 14.8 Å². The molecule has 30 heavy (non-hydrogen) atoms. The van der Waals surface area contributed by atoms with Crippen molar-refractivity contribution in [2.75, 3.05) is 17.3 Å². The van der Waals surface area contributed by atoms with Gasteiger partial charge in [0.1, 0.15) is 17.9 Å². The maximum Gasteiger partial charge on any atom is 0.421 e. The first-order valence-electron chi connectivity index (χ1n) is 9.75. The highest BCUT2D eigenvalue weighted by molar-refractivity contribution is 5.90. The van der Waals surface area contributed by atoms with Gasteiger partial charge in [0.25, 0.3) is 5.56 Å². The normalized spacial score (nSPS) is 15.1. The van der Waals surface area contributed by atoms with Gasteiger partial charge in [0.2, 0.25) is 5.91 Å². The zero-order chi connectivity index (χ0) is 21.9. The predicted octanol–water partition coefficient (Wildman–Crippen LogP) is 4.41. The van der Waals surface area contributed by atoms with E-state index in [0.717, 1.165) is 37.9 Å². The maximum absolute atomic E-state index is 14.6. The molecule has 2 aromatic rings. The van der Waals surface area contributed by atoms with Crippen LogP contribution in [0.25, 0.3) is 0 Å². The SMILES string of the molecule is CN(c1ccc(NC(=O)Cn2cccc(C(F)(F)F)c2=O)cc1F)C1CCCCC1. The van der Waals surface area contributed by atoms with Gasteiger partial charge >= 0.3 is 6.18 Å². The summed E-state index contributed by atoms with van der Waals surface area (Å²) < 4.78 is 53.8. The van der Waals surface area contributed by atoms with Crippen LogP contribution in [0, 0.1) is 5.82 Å². The molecule has 0 atom stereocenters. The number of halogens is 4. The van der Waals surface area contributed by atoms with Crippen molar-refractivity contribution in [1.29, 1.82) is 0 Å². The first-order valence-corrected chi connectivity index (χ1v) is 9.75. The molecule has 0 bridgehead atoms. The lowest BCUT2D eigenvalue weighted by Gasteiger charge is -2.33. The van der Waals surface area contributed by atoms with Crippen LogP contribution in [0.3, 0.4) is 0 Å². The van der Waals surface area contributed by atoms with E-state index in [1.54, 1.807) is 6.07 Å². The van der Waals surface area contributed by atoms with Crippen LogP contribution in [0.15, 0.2) is 41.3 Å². The van der Waals surface area contributed by atoms with E-state index >= 15 is 0 Å². The topological polar surface area (TPSA) is 54.3 Å². The van der Waals surface area contributed by atoms with Crippen LogP contribution >= 0.6 is 0 Å². The molecule has 0 aliphatic heterocycles. The molecule has 1 heterocycles. The summed E-state index contributed by atoms with van der Waals surface area (Å²) in [5, 5.41) is 2.42. The summed E-state index contributed by atoms with van der Waals surface area (Å²) in [6.45, 7) is -0.617. The lowest BCUT2D eigenvalue weighted by molar-refractivity contribution is -0.139. The van der Waals surface area contributed by atoms with Crippen LogP contribution in [0.1, 0.15) is 37.7 Å². The number of carbonyl (C=O) groups is 1. The Kier molecular flexibility index (Phi) is 6.48. The lowest BCUT2D eigenvalue weighted by atomic mass is 9.94. The van der Waals surface area contributed by atoms with Crippen molar-refractivity contribution in [3.63, 3.8) is 0 Å². The summed E-state index contributed by atoms with van der Waals surface area (Å²) in [6.07, 6.45) is 1.70. The molecule has 1 aromatic carbocycles. The number of amides is 1. The van der Waals surface area contributed by atoms with E-state index in [1.807, 2.05) is 11.9 Å². The molecule has 0 unspecified atom stereocenters. The van der Waals surface area contributed by atoms with Crippen molar-refractivity contribution in [2.45, 2.75) is 50.9 Å². The van der Waals surface area contributed by atoms with Crippen LogP contribution in [-0.2, 0) is 17.5 Å². The molecule has 1 saturated carbocycles. The zero-order valence-electron chi connectivity index (χ0n) is 16.5. The number of hydrogen-bond acceptors (Lipinski definition) is 3. The fraction of sp³-hybridized carbons (Fsp3) is 0.429. The van der Waals surface area contributed by atoms with Gasteiger partial charge in [0, 0.05) is 25.0 Å². The molecule has 9 heteroatoms. The summed E-state index contributed by atoms with van der Waals surface area (Å²) in [5.74, 6) is -1.23. The minimum atomic E-state index is -4.81. The van der Waals surface area contributed by atoms with Gasteiger partial charge in [-0.3, -0.25) is 9.59 Å². The Hall–Kier alpha value is -2.84. The number of rotatable bonds is 5. The summed E-state index contributed by atoms with van der Waals surface area (Å²) in [5.41, 5.74) is -2.07. The molecule has 1 aliphatic rings. The lowest BCUT2D eigenvalue weighted by Crippen LogP contribution is -2.34. The van der Waals surface area contributed by atoms with Crippen molar-refractivity contribution in [1.82, 2.24) is 4.57 Å². The number of anilines is 2. The first kappa shape index (κ1) is 21.9. The molecule has 1 fully saturated rings. The van der Waals surface area contributed by atoms with Crippen LogP contribution in [0.5, 0.6) is 0 Å². The Balaban J connectivity index is 1.69. The number of benzene rings is 1. The third-order valence-corrected chi connectivity index (χ3v) is 5.37. The van der Waals surface area contributed by atoms with Gasteiger partial charge in [-0.2, -0.15) is 13.2 Å². The van der Waals surface area contributed by atoms with E-state index < -0.39 is 35.6 Å². The smallest absolute Gasteiger partial charge is 0.369 e. The van der Waals surface area contributed by atoms with Gasteiger partial charge in [-0.05, 0) is 43.2 Å². The highest BCUT2D eigenvalue weighted by Crippen LogP contribution is 2.29. The standard InChI is InChI=1S/C21H23F4N3O2/c1-27(15-6-3-2-4-7-15)18-10-9-14(12-17(18)22)26-19(29)13-28-11-5-8-16(20(28)30)21(23,24)25/h5,8-12,15H,2-4,6-7,13H2,1H3,(H,26,29). The third kappa shape index (κ3) is 5.01. The average Bonchev–Trinajstić information content (AvgIpc) is 2.69. The van der Waals surface area contributed by atoms with Crippen molar-refractivity contribution in [3.05, 3.63) is 58.3 Å². The summed E-state index contributed by atoms with van der Waals surface area (Å²) >= 11 is 0. The molecule has 0 spiro atoms. The van der Waals surface area contributed by atoms with Crippen molar-refractivity contribution >= 4 is 17.3 Å². The second-order valence-electron chi connectivity index (χ2n) is 7.47. The molecule has 0 saturated heterocycles. The van der Waals surface area contributed by atoms with Crippen LogP contribution in [0.2, 0.25) is 0 Å². The van der Waals surface area contributed by atoms with Crippen molar-refractivity contribution in [3.8, 4) is 0 Å². The van der Waals surface area contributed by atoms with Crippen LogP contribution in [-0.4, -0.2) is 23.6 Å². The molecule has 3 rings (SSSR count). The molecule has 1 N–H and O–H groups in total. The Bertz CT molecular complexity index is 965. The Morgan fingerprint density at radius 2 is 1.90 bits per heavy atom. The number of hydrogen-bond donors (Lipinski definition) is 1. The van der Waals surface area contributed by atoms with Crippen molar-refractivity contribution < 1.29 is 22.4 Å². The maximum atomic E-state index is 14.6. The molecule has 0 radical (unpaired) electrons. The fourth-order valence-electron chi connectivity index (χ4n) is 3.77. The largest absolute Gasteiger partial charge is 0.421 e. The van der Waals surface area contributed by atoms with Gasteiger partial charge in [0.15, 0.2) is 0 Å². The van der Waals surface area contributed by atoms with E-state index in [0.29, 0.717) is 16.3 Å². The Morgan fingerprint density at radius 1 is 1.20 bits per heavy atom. The van der Waals surface area contributed by atoms with Gasteiger partial charge in [-0.15, -0.1) is 0 Å². The highest BCUT2D eigenvalue weighted by atomic mass is 19.4.